The summed E-state index contributed by atoms with van der Waals surface area (Å²) in [6.07, 6.45) is 1.04. The molecule has 0 aliphatic rings. The first-order valence-electron chi connectivity index (χ1n) is 6.10. The van der Waals surface area contributed by atoms with Gasteiger partial charge in [-0.05, 0) is 51.6 Å². The molecule has 0 aliphatic heterocycles. The van der Waals surface area contributed by atoms with Crippen molar-refractivity contribution in [3.05, 3.63) is 29.8 Å². The van der Waals surface area contributed by atoms with Gasteiger partial charge in [-0.25, -0.2) is 0 Å². The molecule has 0 spiro atoms. The summed E-state index contributed by atoms with van der Waals surface area (Å²) in [6, 6.07) is 8.25. The molecule has 2 N–H and O–H groups in total. The molecule has 96 valence electrons. The topological polar surface area (TPSA) is 33.3 Å². The molecule has 0 fully saturated rings. The standard InChI is InChI=1S/C14H24N2O/c1-14(2,11-15-3)16-10-9-12-5-7-13(17-4)8-6-12/h5-8,15-16H,9-11H2,1-4H3. The zero-order valence-corrected chi connectivity index (χ0v) is 11.3. The number of likely N-dealkylation sites (N-methyl/N-ethyl adjacent to an activating group) is 1. The zero-order valence-electron chi connectivity index (χ0n) is 11.3. The molecule has 1 aromatic rings. The molecule has 0 bridgehead atoms. The Bertz CT molecular complexity index is 319. The molecule has 3 nitrogen and oxygen atoms in total. The number of ether oxygens (including phenoxy) is 1. The minimum Gasteiger partial charge on any atom is -0.497 e. The van der Waals surface area contributed by atoms with Crippen molar-refractivity contribution in [3.8, 4) is 5.75 Å². The van der Waals surface area contributed by atoms with Gasteiger partial charge >= 0.3 is 0 Å². The number of nitrogens with one attached hydrogen (secondary N) is 2. The van der Waals surface area contributed by atoms with Crippen molar-refractivity contribution in [3.63, 3.8) is 0 Å². The maximum atomic E-state index is 5.14. The zero-order chi connectivity index (χ0) is 12.7. The molecule has 17 heavy (non-hydrogen) atoms. The SMILES string of the molecule is CNCC(C)(C)NCCc1ccc(OC)cc1. The van der Waals surface area contributed by atoms with Crippen molar-refractivity contribution in [2.45, 2.75) is 25.8 Å². The van der Waals surface area contributed by atoms with E-state index in [2.05, 4.69) is 36.6 Å². The van der Waals surface area contributed by atoms with Crippen LogP contribution in [0.15, 0.2) is 24.3 Å². The van der Waals surface area contributed by atoms with Gasteiger partial charge in [0.25, 0.3) is 0 Å². The fraction of sp³-hybridized carbons (Fsp3) is 0.571. The van der Waals surface area contributed by atoms with Gasteiger partial charge in [0.15, 0.2) is 0 Å². The fourth-order valence-electron chi connectivity index (χ4n) is 1.84. The molecule has 0 atom stereocenters. The third kappa shape index (κ3) is 5.20. The molecule has 1 rings (SSSR count). The first-order chi connectivity index (χ1) is 8.07. The largest absolute Gasteiger partial charge is 0.497 e. The van der Waals surface area contributed by atoms with Crippen molar-refractivity contribution in [1.29, 1.82) is 0 Å². The van der Waals surface area contributed by atoms with Crippen LogP contribution in [0, 0.1) is 0 Å². The molecule has 1 aromatic carbocycles. The molecule has 0 radical (unpaired) electrons. The number of hydrogen-bond donors (Lipinski definition) is 2. The predicted octanol–water partition coefficient (Wildman–Crippen LogP) is 1.83. The Balaban J connectivity index is 2.35. The Morgan fingerprint density at radius 3 is 2.35 bits per heavy atom. The first kappa shape index (κ1) is 14.0. The lowest BCUT2D eigenvalue weighted by atomic mass is 10.1. The van der Waals surface area contributed by atoms with Crippen molar-refractivity contribution in [2.75, 3.05) is 27.2 Å². The molecular formula is C14H24N2O. The monoisotopic (exact) mass is 236 g/mol. The summed E-state index contributed by atoms with van der Waals surface area (Å²) in [6.45, 7) is 6.37. The fourth-order valence-corrected chi connectivity index (χ4v) is 1.84. The normalized spacial score (nSPS) is 11.5. The Kier molecular flexibility index (Phi) is 5.45. The van der Waals surface area contributed by atoms with Crippen LogP contribution >= 0.6 is 0 Å². The van der Waals surface area contributed by atoms with E-state index in [9.17, 15) is 0 Å². The highest BCUT2D eigenvalue weighted by molar-refractivity contribution is 5.27. The summed E-state index contributed by atoms with van der Waals surface area (Å²) in [5, 5.41) is 6.74. The van der Waals surface area contributed by atoms with Crippen LogP contribution in [-0.2, 0) is 6.42 Å². The Hall–Kier alpha value is -1.06. The number of methoxy groups -OCH3 is 1. The maximum absolute atomic E-state index is 5.14. The van der Waals surface area contributed by atoms with Crippen LogP contribution in [0.4, 0.5) is 0 Å². The van der Waals surface area contributed by atoms with Crippen LogP contribution in [0.3, 0.4) is 0 Å². The summed E-state index contributed by atoms with van der Waals surface area (Å²) >= 11 is 0. The molecule has 0 heterocycles. The highest BCUT2D eigenvalue weighted by Gasteiger charge is 2.14. The summed E-state index contributed by atoms with van der Waals surface area (Å²) in [5.41, 5.74) is 1.47. The van der Waals surface area contributed by atoms with Crippen LogP contribution in [0.1, 0.15) is 19.4 Å². The lowest BCUT2D eigenvalue weighted by molar-refractivity contribution is 0.378. The van der Waals surface area contributed by atoms with E-state index in [1.807, 2.05) is 19.2 Å². The summed E-state index contributed by atoms with van der Waals surface area (Å²) in [7, 11) is 3.67. The molecule has 0 saturated heterocycles. The van der Waals surface area contributed by atoms with Gasteiger partial charge in [-0.15, -0.1) is 0 Å². The average molecular weight is 236 g/mol. The van der Waals surface area contributed by atoms with Crippen LogP contribution in [-0.4, -0.2) is 32.8 Å². The van der Waals surface area contributed by atoms with E-state index in [0.717, 1.165) is 25.3 Å². The van der Waals surface area contributed by atoms with E-state index in [1.165, 1.54) is 5.56 Å². The third-order valence-corrected chi connectivity index (χ3v) is 2.80. The first-order valence-corrected chi connectivity index (χ1v) is 6.10. The molecule has 0 aromatic heterocycles. The second kappa shape index (κ2) is 6.62. The Morgan fingerprint density at radius 1 is 1.18 bits per heavy atom. The summed E-state index contributed by atoms with van der Waals surface area (Å²) < 4.78 is 5.14. The molecule has 0 saturated carbocycles. The minimum atomic E-state index is 0.140. The molecule has 3 heteroatoms. The van der Waals surface area contributed by atoms with Gasteiger partial charge < -0.3 is 15.4 Å². The van der Waals surface area contributed by atoms with Crippen molar-refractivity contribution < 1.29 is 4.74 Å². The third-order valence-electron chi connectivity index (χ3n) is 2.80. The number of rotatable bonds is 7. The van der Waals surface area contributed by atoms with E-state index < -0.39 is 0 Å². The highest BCUT2D eigenvalue weighted by atomic mass is 16.5. The molecule has 0 amide bonds. The lowest BCUT2D eigenvalue weighted by Gasteiger charge is -2.26. The van der Waals surface area contributed by atoms with E-state index >= 15 is 0 Å². The second-order valence-corrected chi connectivity index (χ2v) is 4.94. The van der Waals surface area contributed by atoms with Gasteiger partial charge in [-0.1, -0.05) is 12.1 Å². The molecular weight excluding hydrogens is 212 g/mol. The van der Waals surface area contributed by atoms with Gasteiger partial charge in [-0.3, -0.25) is 0 Å². The van der Waals surface area contributed by atoms with Crippen LogP contribution in [0.25, 0.3) is 0 Å². The quantitative estimate of drug-likeness (QED) is 0.757. The average Bonchev–Trinajstić information content (AvgIpc) is 2.29. The maximum Gasteiger partial charge on any atom is 0.118 e. The second-order valence-electron chi connectivity index (χ2n) is 4.94. The van der Waals surface area contributed by atoms with Gasteiger partial charge in [-0.2, -0.15) is 0 Å². The van der Waals surface area contributed by atoms with Gasteiger partial charge in [0.05, 0.1) is 7.11 Å². The van der Waals surface area contributed by atoms with E-state index in [1.54, 1.807) is 7.11 Å². The predicted molar refractivity (Wildman–Crippen MR) is 72.7 cm³/mol. The van der Waals surface area contributed by atoms with Gasteiger partial charge in [0, 0.05) is 12.1 Å². The lowest BCUT2D eigenvalue weighted by Crippen LogP contribution is -2.47. The van der Waals surface area contributed by atoms with E-state index in [-0.39, 0.29) is 5.54 Å². The number of benzene rings is 1. The smallest absolute Gasteiger partial charge is 0.118 e. The van der Waals surface area contributed by atoms with Gasteiger partial charge in [0.1, 0.15) is 5.75 Å². The van der Waals surface area contributed by atoms with Crippen LogP contribution in [0.5, 0.6) is 5.75 Å². The van der Waals surface area contributed by atoms with E-state index in [4.69, 9.17) is 4.74 Å². The summed E-state index contributed by atoms with van der Waals surface area (Å²) in [5.74, 6) is 0.914. The van der Waals surface area contributed by atoms with E-state index in [0.29, 0.717) is 0 Å². The van der Waals surface area contributed by atoms with Gasteiger partial charge in [0.2, 0.25) is 0 Å². The molecule has 0 unspecified atom stereocenters. The van der Waals surface area contributed by atoms with Crippen molar-refractivity contribution in [2.24, 2.45) is 0 Å². The molecule has 0 aliphatic carbocycles. The summed E-state index contributed by atoms with van der Waals surface area (Å²) in [4.78, 5) is 0. The minimum absolute atomic E-state index is 0.140. The number of hydrogen-bond acceptors (Lipinski definition) is 3. The Morgan fingerprint density at radius 2 is 1.82 bits per heavy atom. The van der Waals surface area contributed by atoms with Crippen molar-refractivity contribution in [1.82, 2.24) is 10.6 Å². The van der Waals surface area contributed by atoms with Crippen LogP contribution < -0.4 is 15.4 Å². The highest BCUT2D eigenvalue weighted by Crippen LogP contribution is 2.11. The van der Waals surface area contributed by atoms with Crippen molar-refractivity contribution >= 4 is 0 Å². The Labute approximate surface area is 105 Å². The van der Waals surface area contributed by atoms with Crippen LogP contribution in [0.2, 0.25) is 0 Å².